The van der Waals surface area contributed by atoms with E-state index in [1.807, 2.05) is 45.5 Å². The molecule has 2 fully saturated rings. The summed E-state index contributed by atoms with van der Waals surface area (Å²) in [7, 11) is 2.01. The van der Waals surface area contributed by atoms with Crippen molar-refractivity contribution in [3.63, 3.8) is 0 Å². The maximum Gasteiger partial charge on any atom is 0.158 e. The number of nitrogens with zero attached hydrogens (tertiary/aromatic N) is 5. The number of aryl methyl sites for hydroxylation is 1. The monoisotopic (exact) mass is 496 g/mol. The van der Waals surface area contributed by atoms with E-state index in [0.29, 0.717) is 0 Å². The molecule has 36 heavy (non-hydrogen) atoms. The summed E-state index contributed by atoms with van der Waals surface area (Å²) in [5, 5.41) is 21.3. The van der Waals surface area contributed by atoms with Crippen molar-refractivity contribution >= 4 is 33.4 Å². The predicted octanol–water partition coefficient (Wildman–Crippen LogP) is 4.89. The number of benzene rings is 2. The van der Waals surface area contributed by atoms with Crippen molar-refractivity contribution in [2.24, 2.45) is 7.05 Å². The number of aromatic amines is 1. The van der Waals surface area contributed by atoms with Gasteiger partial charge < -0.3 is 20.4 Å². The molecule has 0 bridgehead atoms. The van der Waals surface area contributed by atoms with Gasteiger partial charge in [-0.25, -0.2) is 0 Å². The highest BCUT2D eigenvalue weighted by atomic mass is 15.4. The van der Waals surface area contributed by atoms with Gasteiger partial charge in [-0.15, -0.1) is 0 Å². The summed E-state index contributed by atoms with van der Waals surface area (Å²) in [6.45, 7) is 16.3. The molecule has 0 radical (unpaired) electrons. The highest BCUT2D eigenvalue weighted by molar-refractivity contribution is 5.91. The molecule has 2 saturated heterocycles. The Bertz CT molecular complexity index is 1140. The summed E-state index contributed by atoms with van der Waals surface area (Å²) < 4.78 is 1.96. The van der Waals surface area contributed by atoms with Crippen molar-refractivity contribution in [3.05, 3.63) is 48.5 Å². The molecule has 6 rings (SSSR count). The largest absolute Gasteiger partial charge is 0.352 e. The van der Waals surface area contributed by atoms with Gasteiger partial charge in [-0.05, 0) is 24.3 Å². The molecule has 0 aliphatic carbocycles. The van der Waals surface area contributed by atoms with Crippen LogP contribution in [0.4, 0.5) is 11.6 Å². The first kappa shape index (κ1) is 29.1. The zero-order valence-electron chi connectivity index (χ0n) is 22.0. The fraction of sp³-hybridized carbons (Fsp3) is 0.500. The molecule has 0 unspecified atom stereocenters. The zero-order valence-corrected chi connectivity index (χ0v) is 22.0. The lowest BCUT2D eigenvalue weighted by Gasteiger charge is -2.27. The van der Waals surface area contributed by atoms with E-state index in [-0.39, 0.29) is 8.85 Å². The van der Waals surface area contributed by atoms with E-state index in [0.717, 1.165) is 69.5 Å². The molecule has 8 heteroatoms. The molecule has 8 nitrogen and oxygen atoms in total. The second kappa shape index (κ2) is 15.1. The first-order chi connectivity index (χ1) is 17.3. The van der Waals surface area contributed by atoms with Gasteiger partial charge in [0.15, 0.2) is 11.6 Å². The molecule has 4 heterocycles. The molecule has 2 aliphatic rings. The first-order valence-corrected chi connectivity index (χ1v) is 13.1. The summed E-state index contributed by atoms with van der Waals surface area (Å²) in [5.74, 6) is 2.21. The van der Waals surface area contributed by atoms with E-state index in [2.05, 4.69) is 78.2 Å². The lowest BCUT2D eigenvalue weighted by atomic mass is 10.2. The van der Waals surface area contributed by atoms with Crippen LogP contribution in [0.15, 0.2) is 48.5 Å². The molecule has 200 valence electrons. The van der Waals surface area contributed by atoms with Crippen molar-refractivity contribution in [2.75, 3.05) is 62.2 Å². The molecular weight excluding hydrogens is 448 g/mol. The predicted molar refractivity (Wildman–Crippen MR) is 159 cm³/mol. The Morgan fingerprint density at radius 1 is 0.694 bits per heavy atom. The topological polar surface area (TPSA) is 77.0 Å². The van der Waals surface area contributed by atoms with E-state index >= 15 is 0 Å². The molecule has 2 aromatic carbocycles. The summed E-state index contributed by atoms with van der Waals surface area (Å²) in [6.07, 6.45) is 0. The highest BCUT2D eigenvalue weighted by Crippen LogP contribution is 2.25. The molecule has 0 atom stereocenters. The van der Waals surface area contributed by atoms with Crippen LogP contribution in [0, 0.1) is 0 Å². The van der Waals surface area contributed by atoms with Crippen LogP contribution in [-0.2, 0) is 7.05 Å². The zero-order chi connectivity index (χ0) is 25.0. The Balaban J connectivity index is 0.000000312. The lowest BCUT2D eigenvalue weighted by Crippen LogP contribution is -2.43. The minimum absolute atomic E-state index is 0. The molecule has 2 aromatic heterocycles. The molecule has 0 saturated carbocycles. The van der Waals surface area contributed by atoms with E-state index in [1.54, 1.807) is 0 Å². The van der Waals surface area contributed by atoms with Crippen molar-refractivity contribution < 1.29 is 1.43 Å². The minimum Gasteiger partial charge on any atom is -0.352 e. The number of anilines is 2. The fourth-order valence-corrected chi connectivity index (χ4v) is 4.37. The third-order valence-electron chi connectivity index (χ3n) is 6.02. The standard InChI is InChI=1S/C12H16N4.C11H14N4.2C2H6.CH4.H2/c1-15-11-5-3-2-4-10(11)12(14-15)16-8-6-13-7-9-16;1-2-4-10-9(3-1)11(14-13-10)15-7-5-12-6-8-15;2*1-2;;/h2-5,13H,6-9H2,1H3;1-4,12H,5-8H2,(H,13,14);2*1-2H3;1H4;1H. The number of hydrogen-bond donors (Lipinski definition) is 3. The Morgan fingerprint density at radius 2 is 1.19 bits per heavy atom. The molecule has 2 aliphatic heterocycles. The number of H-pyrrole nitrogens is 1. The Kier molecular flexibility index (Phi) is 12.2. The number of para-hydroxylation sites is 2. The molecule has 3 N–H and O–H groups in total. The second-order valence-electron chi connectivity index (χ2n) is 8.03. The van der Waals surface area contributed by atoms with E-state index in [1.165, 1.54) is 16.3 Å². The van der Waals surface area contributed by atoms with E-state index in [4.69, 9.17) is 0 Å². The van der Waals surface area contributed by atoms with Crippen LogP contribution in [0.5, 0.6) is 0 Å². The van der Waals surface area contributed by atoms with Crippen molar-refractivity contribution in [1.82, 2.24) is 30.6 Å². The minimum atomic E-state index is 0. The van der Waals surface area contributed by atoms with E-state index < -0.39 is 0 Å². The third kappa shape index (κ3) is 6.77. The Labute approximate surface area is 218 Å². The summed E-state index contributed by atoms with van der Waals surface area (Å²) in [6, 6.07) is 16.7. The van der Waals surface area contributed by atoms with Crippen LogP contribution < -0.4 is 20.4 Å². The number of fused-ring (bicyclic) bond motifs is 2. The molecule has 4 aromatic rings. The van der Waals surface area contributed by atoms with Gasteiger partial charge >= 0.3 is 0 Å². The number of piperazine rings is 2. The SMILES string of the molecule is C.CC.CC.Cn1nc(N2CCNCC2)c2ccccc21.[HH].c1ccc2c(N3CCNCC3)n[nH]c2c1. The highest BCUT2D eigenvalue weighted by Gasteiger charge is 2.17. The van der Waals surface area contributed by atoms with Gasteiger partial charge in [-0.3, -0.25) is 9.78 Å². The maximum absolute atomic E-state index is 4.63. The fourth-order valence-electron chi connectivity index (χ4n) is 4.37. The first-order valence-electron chi connectivity index (χ1n) is 13.1. The van der Waals surface area contributed by atoms with Crippen LogP contribution in [0.3, 0.4) is 0 Å². The Hall–Kier alpha value is -3.10. The summed E-state index contributed by atoms with van der Waals surface area (Å²) in [4.78, 5) is 4.69. The number of aromatic nitrogens is 4. The second-order valence-corrected chi connectivity index (χ2v) is 8.03. The van der Waals surface area contributed by atoms with Crippen molar-refractivity contribution in [1.29, 1.82) is 0 Å². The average molecular weight is 497 g/mol. The average Bonchev–Trinajstić information content (AvgIpc) is 3.54. The quantitative estimate of drug-likeness (QED) is 0.367. The van der Waals surface area contributed by atoms with Gasteiger partial charge in [0.2, 0.25) is 0 Å². The Morgan fingerprint density at radius 3 is 1.81 bits per heavy atom. The van der Waals surface area contributed by atoms with Gasteiger partial charge in [0.1, 0.15) is 0 Å². The van der Waals surface area contributed by atoms with Crippen LogP contribution in [0.1, 0.15) is 36.5 Å². The lowest BCUT2D eigenvalue weighted by molar-refractivity contribution is 0.582. The smallest absolute Gasteiger partial charge is 0.158 e. The molecule has 0 spiro atoms. The van der Waals surface area contributed by atoms with Gasteiger partial charge in [0.25, 0.3) is 0 Å². The summed E-state index contributed by atoms with van der Waals surface area (Å²) in [5.41, 5.74) is 2.32. The van der Waals surface area contributed by atoms with E-state index in [9.17, 15) is 0 Å². The van der Waals surface area contributed by atoms with Gasteiger partial charge in [-0.2, -0.15) is 10.2 Å². The number of hydrogen-bond acceptors (Lipinski definition) is 6. The summed E-state index contributed by atoms with van der Waals surface area (Å²) >= 11 is 0. The van der Waals surface area contributed by atoms with Gasteiger partial charge in [0.05, 0.1) is 11.0 Å². The van der Waals surface area contributed by atoms with Crippen LogP contribution in [-0.4, -0.2) is 72.3 Å². The maximum atomic E-state index is 4.63. The van der Waals surface area contributed by atoms with Crippen LogP contribution in [0.25, 0.3) is 21.8 Å². The number of nitrogens with one attached hydrogen (secondary N) is 3. The normalized spacial score (nSPS) is 15.0. The van der Waals surface area contributed by atoms with Gasteiger partial charge in [0, 0.05) is 71.6 Å². The van der Waals surface area contributed by atoms with Gasteiger partial charge in [-0.1, -0.05) is 59.4 Å². The van der Waals surface area contributed by atoms with Crippen molar-refractivity contribution in [3.8, 4) is 0 Å². The van der Waals surface area contributed by atoms with Crippen molar-refractivity contribution in [2.45, 2.75) is 35.1 Å². The number of rotatable bonds is 2. The van der Waals surface area contributed by atoms with Crippen LogP contribution in [0.2, 0.25) is 0 Å². The third-order valence-corrected chi connectivity index (χ3v) is 6.02. The van der Waals surface area contributed by atoms with Crippen LogP contribution >= 0.6 is 0 Å². The molecular formula is C28H48N8. The molecule has 0 amide bonds.